The van der Waals surface area contributed by atoms with Crippen LogP contribution in [0, 0.1) is 0 Å². The van der Waals surface area contributed by atoms with Crippen LogP contribution in [0.1, 0.15) is 18.2 Å². The third-order valence-corrected chi connectivity index (χ3v) is 6.79. The number of benzene rings is 2. The predicted molar refractivity (Wildman–Crippen MR) is 125 cm³/mol. The van der Waals surface area contributed by atoms with Crippen molar-refractivity contribution in [3.8, 4) is 0 Å². The van der Waals surface area contributed by atoms with Gasteiger partial charge in [-0.3, -0.25) is 4.57 Å². The number of imidazole rings is 1. The molecule has 5 N–H and O–H groups in total. The predicted octanol–water partition coefficient (Wildman–Crippen LogP) is 0.889. The second kappa shape index (κ2) is 8.89. The van der Waals surface area contributed by atoms with Crippen LogP contribution in [0.5, 0.6) is 0 Å². The zero-order chi connectivity index (χ0) is 23.9. The quantitative estimate of drug-likeness (QED) is 0.298. The first kappa shape index (κ1) is 22.6. The average Bonchev–Trinajstić information content (AvgIpc) is 3.37. The lowest BCUT2D eigenvalue weighted by Crippen LogP contribution is -2.33. The van der Waals surface area contributed by atoms with E-state index in [0.29, 0.717) is 23.5 Å². The van der Waals surface area contributed by atoms with E-state index in [-0.39, 0.29) is 12.2 Å². The van der Waals surface area contributed by atoms with Gasteiger partial charge in [0, 0.05) is 6.54 Å². The molecule has 5 rings (SSSR count). The van der Waals surface area contributed by atoms with E-state index in [1.807, 2.05) is 24.3 Å². The summed E-state index contributed by atoms with van der Waals surface area (Å²) in [5.41, 5.74) is 1.97. The number of nitrogens with zero attached hydrogens (tertiary/aromatic N) is 4. The van der Waals surface area contributed by atoms with Crippen LogP contribution in [0.4, 0.5) is 5.82 Å². The van der Waals surface area contributed by atoms with E-state index in [2.05, 4.69) is 38.5 Å². The molecule has 12 heteroatoms. The van der Waals surface area contributed by atoms with Gasteiger partial charge in [-0.15, -0.1) is 0 Å². The molecule has 1 aliphatic rings. The van der Waals surface area contributed by atoms with E-state index >= 15 is 0 Å². The summed E-state index contributed by atoms with van der Waals surface area (Å²) in [6, 6.07) is 14.2. The minimum Gasteiger partial charge on any atom is -0.388 e. The van der Waals surface area contributed by atoms with Crippen LogP contribution in [-0.2, 0) is 21.3 Å². The van der Waals surface area contributed by atoms with Crippen molar-refractivity contribution in [1.29, 1.82) is 0 Å². The Labute approximate surface area is 195 Å². The van der Waals surface area contributed by atoms with Crippen molar-refractivity contribution in [2.45, 2.75) is 37.5 Å². The highest BCUT2D eigenvalue weighted by Crippen LogP contribution is 2.33. The lowest BCUT2D eigenvalue weighted by atomic mass is 10.0. The van der Waals surface area contributed by atoms with Crippen LogP contribution >= 0.6 is 0 Å². The smallest absolute Gasteiger partial charge is 0.209 e. The molecule has 1 saturated heterocycles. The highest BCUT2D eigenvalue weighted by molar-refractivity contribution is 7.89. The van der Waals surface area contributed by atoms with E-state index in [4.69, 9.17) is 9.88 Å². The third kappa shape index (κ3) is 4.33. The van der Waals surface area contributed by atoms with Crippen LogP contribution in [-0.4, -0.2) is 62.2 Å². The zero-order valence-electron chi connectivity index (χ0n) is 18.0. The first-order chi connectivity index (χ1) is 16.3. The minimum atomic E-state index is -3.73. The molecule has 0 unspecified atom stereocenters. The number of aliphatic hydroxyl groups excluding tert-OH is 2. The summed E-state index contributed by atoms with van der Waals surface area (Å²) in [5, 5.41) is 31.5. The highest BCUT2D eigenvalue weighted by atomic mass is 32.2. The molecule has 34 heavy (non-hydrogen) atoms. The van der Waals surface area contributed by atoms with Gasteiger partial charge in [-0.25, -0.2) is 28.5 Å². The second-order valence-corrected chi connectivity index (χ2v) is 9.97. The van der Waals surface area contributed by atoms with Gasteiger partial charge in [0.15, 0.2) is 23.2 Å². The summed E-state index contributed by atoms with van der Waals surface area (Å²) >= 11 is 0. The molecule has 4 atom stereocenters. The van der Waals surface area contributed by atoms with Gasteiger partial charge in [0.05, 0.1) is 18.2 Å². The Bertz CT molecular complexity index is 1440. The molecule has 4 aromatic rings. The minimum absolute atomic E-state index is 0.0486. The number of sulfonamides is 1. The van der Waals surface area contributed by atoms with E-state index in [1.165, 1.54) is 17.2 Å². The molecule has 1 fully saturated rings. The van der Waals surface area contributed by atoms with Crippen molar-refractivity contribution in [3.63, 3.8) is 0 Å². The summed E-state index contributed by atoms with van der Waals surface area (Å²) in [4.78, 5) is 13.0. The molecule has 3 heterocycles. The SMILES string of the molecule is NS(=O)(=O)CC[C@H]1O[C@@H](n2cnc3c(NCc4cccc5ccccc45)ncnc32)[C@H](O)[C@@H]1O. The van der Waals surface area contributed by atoms with Crippen molar-refractivity contribution >= 4 is 37.8 Å². The molecule has 0 amide bonds. The largest absolute Gasteiger partial charge is 0.388 e. The van der Waals surface area contributed by atoms with Crippen molar-refractivity contribution in [2.75, 3.05) is 11.1 Å². The number of rotatable bonds is 7. The molecule has 0 bridgehead atoms. The van der Waals surface area contributed by atoms with Crippen molar-refractivity contribution in [2.24, 2.45) is 5.14 Å². The number of hydrogen-bond acceptors (Lipinski definition) is 9. The molecule has 2 aromatic carbocycles. The lowest BCUT2D eigenvalue weighted by Gasteiger charge is -2.16. The molecule has 0 radical (unpaired) electrons. The fraction of sp³-hybridized carbons (Fsp3) is 0.318. The number of aromatic nitrogens is 4. The number of ether oxygens (including phenoxy) is 1. The Hall–Kier alpha value is -3.16. The van der Waals surface area contributed by atoms with Crippen LogP contribution in [0.3, 0.4) is 0 Å². The van der Waals surface area contributed by atoms with Gasteiger partial charge in [-0.1, -0.05) is 42.5 Å². The van der Waals surface area contributed by atoms with Gasteiger partial charge in [0.25, 0.3) is 0 Å². The molecule has 178 valence electrons. The first-order valence-electron chi connectivity index (χ1n) is 10.7. The number of hydrogen-bond donors (Lipinski definition) is 4. The van der Waals surface area contributed by atoms with Gasteiger partial charge in [-0.05, 0) is 22.8 Å². The normalized spacial score (nSPS) is 23.0. The van der Waals surface area contributed by atoms with Crippen LogP contribution in [0.2, 0.25) is 0 Å². The van der Waals surface area contributed by atoms with Gasteiger partial charge < -0.3 is 20.3 Å². The molecular formula is C22H24N6O5S. The second-order valence-electron chi connectivity index (χ2n) is 8.24. The topological polar surface area (TPSA) is 165 Å². The Balaban J connectivity index is 1.38. The van der Waals surface area contributed by atoms with Crippen LogP contribution in [0.25, 0.3) is 21.9 Å². The standard InChI is InChI=1S/C22H24N6O5S/c23-34(31,32)9-8-16-18(29)19(30)22(33-16)28-12-27-17-20(25-11-26-21(17)28)24-10-14-6-3-5-13-4-1-2-7-15(13)14/h1-7,11-12,16,18-19,22,29-30H,8-10H2,(H2,23,31,32)(H,24,25,26)/t16-,18-,19-,22-/m1/s1. The lowest BCUT2D eigenvalue weighted by molar-refractivity contribution is -0.0353. The van der Waals surface area contributed by atoms with Gasteiger partial charge in [0.2, 0.25) is 10.0 Å². The summed E-state index contributed by atoms with van der Waals surface area (Å²) in [6.07, 6.45) is -1.70. The van der Waals surface area contributed by atoms with E-state index in [9.17, 15) is 18.6 Å². The first-order valence-corrected chi connectivity index (χ1v) is 12.4. The Morgan fingerprint density at radius 2 is 1.85 bits per heavy atom. The summed E-state index contributed by atoms with van der Waals surface area (Å²) in [5.74, 6) is 0.138. The molecule has 11 nitrogen and oxygen atoms in total. The average molecular weight is 485 g/mol. The Morgan fingerprint density at radius 1 is 1.06 bits per heavy atom. The van der Waals surface area contributed by atoms with Crippen molar-refractivity contribution in [3.05, 3.63) is 60.7 Å². The monoisotopic (exact) mass is 484 g/mol. The maximum atomic E-state index is 11.3. The fourth-order valence-corrected chi connectivity index (χ4v) is 4.83. The maximum absolute atomic E-state index is 11.3. The number of anilines is 1. The molecule has 0 aliphatic carbocycles. The number of fused-ring (bicyclic) bond motifs is 2. The molecule has 2 aromatic heterocycles. The molecule has 0 saturated carbocycles. The summed E-state index contributed by atoms with van der Waals surface area (Å²) in [7, 11) is -3.73. The van der Waals surface area contributed by atoms with E-state index in [0.717, 1.165) is 16.3 Å². The fourth-order valence-electron chi connectivity index (χ4n) is 4.27. The van der Waals surface area contributed by atoms with Crippen molar-refractivity contribution < 1.29 is 23.4 Å². The van der Waals surface area contributed by atoms with Crippen LogP contribution < -0.4 is 10.5 Å². The number of aliphatic hydroxyl groups is 2. The number of nitrogens with one attached hydrogen (secondary N) is 1. The maximum Gasteiger partial charge on any atom is 0.209 e. The van der Waals surface area contributed by atoms with Crippen molar-refractivity contribution in [1.82, 2.24) is 19.5 Å². The van der Waals surface area contributed by atoms with E-state index < -0.39 is 34.6 Å². The van der Waals surface area contributed by atoms with Crippen LogP contribution in [0.15, 0.2) is 55.1 Å². The molecule has 1 aliphatic heterocycles. The molecular weight excluding hydrogens is 460 g/mol. The molecule has 0 spiro atoms. The summed E-state index contributed by atoms with van der Waals surface area (Å²) < 4.78 is 29.8. The number of primary sulfonamides is 1. The van der Waals surface area contributed by atoms with Gasteiger partial charge >= 0.3 is 0 Å². The number of nitrogens with two attached hydrogens (primary N) is 1. The third-order valence-electron chi connectivity index (χ3n) is 5.98. The van der Waals surface area contributed by atoms with Gasteiger partial charge in [-0.2, -0.15) is 0 Å². The Kier molecular flexibility index (Phi) is 5.91. The van der Waals surface area contributed by atoms with Gasteiger partial charge in [0.1, 0.15) is 18.5 Å². The summed E-state index contributed by atoms with van der Waals surface area (Å²) in [6.45, 7) is 0.511. The van der Waals surface area contributed by atoms with E-state index in [1.54, 1.807) is 0 Å². The highest BCUT2D eigenvalue weighted by Gasteiger charge is 2.44. The zero-order valence-corrected chi connectivity index (χ0v) is 18.8. The Morgan fingerprint density at radius 3 is 2.68 bits per heavy atom.